The van der Waals surface area contributed by atoms with E-state index in [-0.39, 0.29) is 43.9 Å². The van der Waals surface area contributed by atoms with Crippen LogP contribution in [0.4, 0.5) is 4.79 Å². The van der Waals surface area contributed by atoms with E-state index in [1.54, 1.807) is 20.8 Å². The molecule has 0 unspecified atom stereocenters. The van der Waals surface area contributed by atoms with Crippen molar-refractivity contribution < 1.29 is 27.3 Å². The summed E-state index contributed by atoms with van der Waals surface area (Å²) < 4.78 is 46.6. The standard InChI is InChI=1S/C21H43BN4O6S/c1-18(2,3)30-17(27)24-12-13-25-33(28,29)26-14-16(21(8,23)15-26)10-9-11-22-31-19(4,5)20(6,7)32-22/h16,25H,9-15,23H2,1-8H3,(H,24,27)/t16-,21-/m0/s1. The Balaban J connectivity index is 1.78. The zero-order valence-corrected chi connectivity index (χ0v) is 22.3. The fourth-order valence-electron chi connectivity index (χ4n) is 4.00. The van der Waals surface area contributed by atoms with E-state index in [1.165, 1.54) is 4.31 Å². The molecule has 0 bridgehead atoms. The minimum atomic E-state index is -3.71. The minimum absolute atomic E-state index is 0.0244. The third-order valence-electron chi connectivity index (χ3n) is 6.59. The highest BCUT2D eigenvalue weighted by molar-refractivity contribution is 7.87. The molecule has 33 heavy (non-hydrogen) atoms. The third-order valence-corrected chi connectivity index (χ3v) is 8.11. The average molecular weight is 490 g/mol. The zero-order chi connectivity index (χ0) is 25.3. The Bertz CT molecular complexity index is 781. The molecule has 0 spiro atoms. The summed E-state index contributed by atoms with van der Waals surface area (Å²) in [7, 11) is -3.97. The van der Waals surface area contributed by atoms with Gasteiger partial charge in [-0.25, -0.2) is 9.52 Å². The van der Waals surface area contributed by atoms with E-state index in [1.807, 2.05) is 34.6 Å². The number of nitrogens with two attached hydrogens (primary N) is 1. The number of nitrogens with one attached hydrogen (secondary N) is 2. The summed E-state index contributed by atoms with van der Waals surface area (Å²) in [6.45, 7) is 16.1. The Kier molecular flexibility index (Phi) is 8.57. The number of carbonyl (C=O) groups is 1. The zero-order valence-electron chi connectivity index (χ0n) is 21.5. The molecular weight excluding hydrogens is 447 g/mol. The van der Waals surface area contributed by atoms with Gasteiger partial charge >= 0.3 is 13.2 Å². The molecule has 2 aliphatic rings. The number of nitrogens with zero attached hydrogens (tertiary/aromatic N) is 1. The van der Waals surface area contributed by atoms with Crippen molar-refractivity contribution in [3.8, 4) is 0 Å². The number of carbonyl (C=O) groups excluding carboxylic acids is 1. The maximum atomic E-state index is 12.7. The summed E-state index contributed by atoms with van der Waals surface area (Å²) in [5.74, 6) is 0.0244. The molecule has 0 saturated carbocycles. The fraction of sp³-hybridized carbons (Fsp3) is 0.952. The Morgan fingerprint density at radius 2 is 1.73 bits per heavy atom. The monoisotopic (exact) mass is 490 g/mol. The average Bonchev–Trinajstić information content (AvgIpc) is 3.02. The van der Waals surface area contributed by atoms with Gasteiger partial charge in [0, 0.05) is 31.7 Å². The van der Waals surface area contributed by atoms with Crippen LogP contribution in [-0.4, -0.2) is 74.5 Å². The first kappa shape index (κ1) is 28.3. The maximum absolute atomic E-state index is 12.7. The number of ether oxygens (including phenoxy) is 1. The van der Waals surface area contributed by atoms with Crippen molar-refractivity contribution >= 4 is 23.4 Å². The summed E-state index contributed by atoms with van der Waals surface area (Å²) >= 11 is 0. The van der Waals surface area contributed by atoms with Crippen LogP contribution in [0.3, 0.4) is 0 Å². The molecule has 1 amide bonds. The minimum Gasteiger partial charge on any atom is -0.444 e. The van der Waals surface area contributed by atoms with Crippen LogP contribution in [0.25, 0.3) is 0 Å². The molecule has 10 nitrogen and oxygen atoms in total. The van der Waals surface area contributed by atoms with Crippen LogP contribution in [0.15, 0.2) is 0 Å². The van der Waals surface area contributed by atoms with Crippen LogP contribution in [0, 0.1) is 5.92 Å². The highest BCUT2D eigenvalue weighted by Gasteiger charge is 2.51. The van der Waals surface area contributed by atoms with Gasteiger partial charge < -0.3 is 25.1 Å². The highest BCUT2D eigenvalue weighted by Crippen LogP contribution is 2.39. The normalized spacial score (nSPS) is 27.7. The molecule has 2 saturated heterocycles. The third kappa shape index (κ3) is 7.79. The molecule has 0 aliphatic carbocycles. The van der Waals surface area contributed by atoms with Gasteiger partial charge in [0.05, 0.1) is 11.2 Å². The number of hydrogen-bond donors (Lipinski definition) is 3. The van der Waals surface area contributed by atoms with Crippen molar-refractivity contribution in [3.05, 3.63) is 0 Å². The lowest BCUT2D eigenvalue weighted by Crippen LogP contribution is -2.47. The van der Waals surface area contributed by atoms with Crippen LogP contribution < -0.4 is 15.8 Å². The topological polar surface area (TPSA) is 132 Å². The van der Waals surface area contributed by atoms with E-state index in [2.05, 4.69) is 10.0 Å². The second-order valence-corrected chi connectivity index (χ2v) is 13.2. The van der Waals surface area contributed by atoms with Gasteiger partial charge in [0.1, 0.15) is 5.60 Å². The second kappa shape index (κ2) is 9.98. The van der Waals surface area contributed by atoms with E-state index in [4.69, 9.17) is 19.8 Å². The van der Waals surface area contributed by atoms with Crippen molar-refractivity contribution in [2.45, 2.75) is 96.9 Å². The van der Waals surface area contributed by atoms with Crippen molar-refractivity contribution in [1.29, 1.82) is 0 Å². The predicted octanol–water partition coefficient (Wildman–Crippen LogP) is 1.87. The van der Waals surface area contributed by atoms with E-state index in [0.717, 1.165) is 19.2 Å². The summed E-state index contributed by atoms with van der Waals surface area (Å²) in [6, 6.07) is 0. The molecule has 2 rings (SSSR count). The Labute approximate surface area is 200 Å². The predicted molar refractivity (Wildman–Crippen MR) is 129 cm³/mol. The van der Waals surface area contributed by atoms with Gasteiger partial charge in [0.25, 0.3) is 10.2 Å². The quantitative estimate of drug-likeness (QED) is 0.332. The summed E-state index contributed by atoms with van der Waals surface area (Å²) in [4.78, 5) is 11.7. The molecule has 0 aromatic rings. The highest BCUT2D eigenvalue weighted by atomic mass is 32.2. The van der Waals surface area contributed by atoms with Crippen LogP contribution in [0.5, 0.6) is 0 Å². The number of rotatable bonds is 9. The largest absolute Gasteiger partial charge is 0.457 e. The summed E-state index contributed by atoms with van der Waals surface area (Å²) in [6.07, 6.45) is 1.76. The van der Waals surface area contributed by atoms with Gasteiger partial charge in [-0.05, 0) is 74.0 Å². The smallest absolute Gasteiger partial charge is 0.444 e. The van der Waals surface area contributed by atoms with Gasteiger partial charge in [0.15, 0.2) is 0 Å². The van der Waals surface area contributed by atoms with Gasteiger partial charge in [-0.1, -0.05) is 6.42 Å². The van der Waals surface area contributed by atoms with Gasteiger partial charge in [-0.2, -0.15) is 12.7 Å². The van der Waals surface area contributed by atoms with Crippen LogP contribution in [-0.2, 0) is 24.3 Å². The van der Waals surface area contributed by atoms with E-state index in [0.29, 0.717) is 6.54 Å². The van der Waals surface area contributed by atoms with Crippen molar-refractivity contribution in [2.24, 2.45) is 11.7 Å². The van der Waals surface area contributed by atoms with E-state index >= 15 is 0 Å². The molecule has 2 atom stereocenters. The van der Waals surface area contributed by atoms with Crippen LogP contribution in [0.2, 0.25) is 6.32 Å². The lowest BCUT2D eigenvalue weighted by atomic mass is 9.78. The first-order chi connectivity index (χ1) is 14.8. The Morgan fingerprint density at radius 3 is 2.27 bits per heavy atom. The second-order valence-electron chi connectivity index (χ2n) is 11.4. The van der Waals surface area contributed by atoms with Gasteiger partial charge in [-0.3, -0.25) is 0 Å². The number of hydrogen-bond acceptors (Lipinski definition) is 7. The molecule has 2 heterocycles. The number of amides is 1. The van der Waals surface area contributed by atoms with Crippen molar-refractivity contribution in [2.75, 3.05) is 26.2 Å². The lowest BCUT2D eigenvalue weighted by molar-refractivity contribution is 0.00578. The molecule has 192 valence electrons. The first-order valence-electron chi connectivity index (χ1n) is 11.7. The van der Waals surface area contributed by atoms with E-state index < -0.39 is 27.4 Å². The van der Waals surface area contributed by atoms with Gasteiger partial charge in [0.2, 0.25) is 0 Å². The van der Waals surface area contributed by atoms with Crippen LogP contribution >= 0.6 is 0 Å². The first-order valence-corrected chi connectivity index (χ1v) is 13.1. The van der Waals surface area contributed by atoms with Crippen molar-refractivity contribution in [3.63, 3.8) is 0 Å². The molecular formula is C21H43BN4O6S. The van der Waals surface area contributed by atoms with E-state index in [9.17, 15) is 13.2 Å². The molecule has 4 N–H and O–H groups in total. The molecule has 2 fully saturated rings. The summed E-state index contributed by atoms with van der Waals surface area (Å²) in [5, 5.41) is 2.54. The van der Waals surface area contributed by atoms with Gasteiger partial charge in [-0.15, -0.1) is 0 Å². The number of alkyl carbamates (subject to hydrolysis) is 1. The SMILES string of the molecule is CC(C)(C)OC(=O)NCCNS(=O)(=O)N1C[C@H](CCCB2OC(C)(C)C(C)(C)O2)[C@@](C)(N)C1. The van der Waals surface area contributed by atoms with Crippen molar-refractivity contribution in [1.82, 2.24) is 14.3 Å². The lowest BCUT2D eigenvalue weighted by Gasteiger charge is -2.32. The molecule has 0 aromatic heterocycles. The maximum Gasteiger partial charge on any atom is 0.457 e. The molecule has 0 radical (unpaired) electrons. The fourth-order valence-corrected chi connectivity index (χ4v) is 5.36. The summed E-state index contributed by atoms with van der Waals surface area (Å²) in [5.41, 5.74) is 4.52. The molecule has 2 aliphatic heterocycles. The molecule has 12 heteroatoms. The Hall–Kier alpha value is -0.915. The van der Waals surface area contributed by atoms with Crippen LogP contribution in [0.1, 0.15) is 68.2 Å². The Morgan fingerprint density at radius 1 is 1.15 bits per heavy atom. The molecule has 0 aromatic carbocycles.